The van der Waals surface area contributed by atoms with Crippen LogP contribution in [0.2, 0.25) is 5.02 Å². The van der Waals surface area contributed by atoms with E-state index >= 15 is 0 Å². The first-order chi connectivity index (χ1) is 18.3. The molecule has 2 aliphatic rings. The van der Waals surface area contributed by atoms with Crippen LogP contribution in [0.3, 0.4) is 0 Å². The van der Waals surface area contributed by atoms with Crippen molar-refractivity contribution in [3.63, 3.8) is 0 Å². The number of hydrogen-bond donors (Lipinski definition) is 0. The molecule has 0 aliphatic carbocycles. The van der Waals surface area contributed by atoms with E-state index in [4.69, 9.17) is 25.8 Å². The molecule has 198 valence electrons. The fourth-order valence-corrected chi connectivity index (χ4v) is 5.77. The van der Waals surface area contributed by atoms with Gasteiger partial charge in [-0.2, -0.15) is 0 Å². The highest BCUT2D eigenvalue weighted by atomic mass is 35.5. The lowest BCUT2D eigenvalue weighted by Gasteiger charge is -2.59. The summed E-state index contributed by atoms with van der Waals surface area (Å²) < 4.78 is 30.2. The zero-order chi connectivity index (χ0) is 27.0. The van der Waals surface area contributed by atoms with Gasteiger partial charge in [0.05, 0.1) is 32.8 Å². The number of benzene rings is 3. The summed E-state index contributed by atoms with van der Waals surface area (Å²) in [6.45, 7) is 0.782. The Kier molecular flexibility index (Phi) is 6.92. The van der Waals surface area contributed by atoms with Crippen molar-refractivity contribution in [3.05, 3.63) is 82.6 Å². The molecular formula is C29H28ClFN2O5. The zero-order valence-electron chi connectivity index (χ0n) is 21.4. The topological polar surface area (TPSA) is 68.3 Å². The normalized spacial score (nSPS) is 18.2. The van der Waals surface area contributed by atoms with Crippen LogP contribution in [0.1, 0.15) is 34.8 Å². The molecular weight excluding hydrogens is 511 g/mol. The molecule has 7 nitrogen and oxygen atoms in total. The van der Waals surface area contributed by atoms with Crippen molar-refractivity contribution in [3.8, 4) is 17.2 Å². The standard InChI is InChI=1S/C29H28ClFN2O5/c1-36-23-15-19(16-24(37-2)25(23)38-3)27(34)32-13-11-29(12-14-32)26(18-7-9-20(30)10-8-18)33(28(29)35)22-6-4-5-21(31)17-22/h4-10,15-17,26H,11-14H2,1-3H3. The number of hydrogen-bond acceptors (Lipinski definition) is 5. The van der Waals surface area contributed by atoms with E-state index in [0.29, 0.717) is 59.5 Å². The molecule has 1 atom stereocenters. The lowest BCUT2D eigenvalue weighted by molar-refractivity contribution is -0.144. The van der Waals surface area contributed by atoms with Crippen molar-refractivity contribution in [2.24, 2.45) is 5.41 Å². The van der Waals surface area contributed by atoms with Crippen molar-refractivity contribution in [2.45, 2.75) is 18.9 Å². The lowest BCUT2D eigenvalue weighted by Crippen LogP contribution is -2.67. The Morgan fingerprint density at radius 1 is 0.947 bits per heavy atom. The van der Waals surface area contributed by atoms with Gasteiger partial charge in [0, 0.05) is 29.4 Å². The monoisotopic (exact) mass is 538 g/mol. The third kappa shape index (κ3) is 4.22. The predicted octanol–water partition coefficient (Wildman–Crippen LogP) is 5.52. The highest BCUT2D eigenvalue weighted by Crippen LogP contribution is 2.57. The average Bonchev–Trinajstić information content (AvgIpc) is 2.95. The van der Waals surface area contributed by atoms with Crippen LogP contribution >= 0.6 is 11.6 Å². The molecule has 0 N–H and O–H groups in total. The van der Waals surface area contributed by atoms with Crippen molar-refractivity contribution in [2.75, 3.05) is 39.3 Å². The molecule has 38 heavy (non-hydrogen) atoms. The van der Waals surface area contributed by atoms with Crippen LogP contribution in [0.5, 0.6) is 17.2 Å². The number of nitrogens with zero attached hydrogens (tertiary/aromatic N) is 2. The molecule has 0 aromatic heterocycles. The van der Waals surface area contributed by atoms with Gasteiger partial charge in [-0.05, 0) is 60.9 Å². The number of amides is 2. The van der Waals surface area contributed by atoms with Crippen LogP contribution in [-0.2, 0) is 4.79 Å². The smallest absolute Gasteiger partial charge is 0.254 e. The lowest BCUT2D eigenvalue weighted by atomic mass is 9.62. The van der Waals surface area contributed by atoms with Gasteiger partial charge in [-0.3, -0.25) is 9.59 Å². The van der Waals surface area contributed by atoms with Gasteiger partial charge in [0.15, 0.2) is 11.5 Å². The first-order valence-corrected chi connectivity index (χ1v) is 12.6. The molecule has 0 radical (unpaired) electrons. The van der Waals surface area contributed by atoms with Crippen LogP contribution < -0.4 is 19.1 Å². The first-order valence-electron chi connectivity index (χ1n) is 12.3. The van der Waals surface area contributed by atoms with Crippen molar-refractivity contribution in [1.29, 1.82) is 0 Å². The van der Waals surface area contributed by atoms with Crippen LogP contribution in [0.4, 0.5) is 10.1 Å². The summed E-state index contributed by atoms with van der Waals surface area (Å²) in [5.41, 5.74) is 1.14. The van der Waals surface area contributed by atoms with Crippen LogP contribution in [0.25, 0.3) is 0 Å². The van der Waals surface area contributed by atoms with Gasteiger partial charge in [-0.25, -0.2) is 4.39 Å². The predicted molar refractivity (Wildman–Crippen MR) is 142 cm³/mol. The fraction of sp³-hybridized carbons (Fsp3) is 0.310. The number of halogens is 2. The van der Waals surface area contributed by atoms with E-state index in [2.05, 4.69) is 0 Å². The average molecular weight is 539 g/mol. The van der Waals surface area contributed by atoms with Crippen molar-refractivity contribution in [1.82, 2.24) is 4.90 Å². The number of ether oxygens (including phenoxy) is 3. The minimum Gasteiger partial charge on any atom is -0.493 e. The molecule has 1 unspecified atom stereocenters. The van der Waals surface area contributed by atoms with E-state index in [0.717, 1.165) is 5.56 Å². The van der Waals surface area contributed by atoms with E-state index < -0.39 is 11.2 Å². The van der Waals surface area contributed by atoms with Crippen LogP contribution in [-0.4, -0.2) is 51.1 Å². The number of methoxy groups -OCH3 is 3. The molecule has 1 spiro atoms. The van der Waals surface area contributed by atoms with Crippen LogP contribution in [0, 0.1) is 11.2 Å². The SMILES string of the molecule is COc1cc(C(=O)N2CCC3(CC2)C(=O)N(c2cccc(F)c2)C3c2ccc(Cl)cc2)cc(OC)c1OC. The number of anilines is 1. The molecule has 5 rings (SSSR count). The Morgan fingerprint density at radius 3 is 2.13 bits per heavy atom. The summed E-state index contributed by atoms with van der Waals surface area (Å²) in [6, 6.07) is 16.4. The Labute approximate surface area is 225 Å². The second-order valence-corrected chi connectivity index (χ2v) is 9.91. The summed E-state index contributed by atoms with van der Waals surface area (Å²) >= 11 is 6.13. The van der Waals surface area contributed by atoms with Gasteiger partial charge >= 0.3 is 0 Å². The molecule has 2 fully saturated rings. The second-order valence-electron chi connectivity index (χ2n) is 9.47. The number of piperidine rings is 1. The van der Waals surface area contributed by atoms with Crippen molar-refractivity contribution < 1.29 is 28.2 Å². The maximum atomic E-state index is 14.1. The molecule has 9 heteroatoms. The summed E-state index contributed by atoms with van der Waals surface area (Å²) in [6.07, 6.45) is 0.947. The number of rotatable bonds is 6. The van der Waals surface area contributed by atoms with Gasteiger partial charge in [-0.1, -0.05) is 29.8 Å². The molecule has 3 aromatic carbocycles. The van der Waals surface area contributed by atoms with Gasteiger partial charge in [0.25, 0.3) is 5.91 Å². The van der Waals surface area contributed by atoms with Gasteiger partial charge < -0.3 is 24.0 Å². The summed E-state index contributed by atoms with van der Waals surface area (Å²) in [5.74, 6) is 0.543. The second kappa shape index (κ2) is 10.2. The Hall–Kier alpha value is -3.78. The maximum absolute atomic E-state index is 14.1. The van der Waals surface area contributed by atoms with Crippen LogP contribution in [0.15, 0.2) is 60.7 Å². The summed E-state index contributed by atoms with van der Waals surface area (Å²) in [7, 11) is 4.51. The van der Waals surface area contributed by atoms with Gasteiger partial charge in [0.1, 0.15) is 5.82 Å². The molecule has 0 bridgehead atoms. The van der Waals surface area contributed by atoms with E-state index in [1.165, 1.54) is 33.5 Å². The molecule has 2 aliphatic heterocycles. The highest BCUT2D eigenvalue weighted by Gasteiger charge is 2.62. The Balaban J connectivity index is 1.42. The quantitative estimate of drug-likeness (QED) is 0.387. The maximum Gasteiger partial charge on any atom is 0.254 e. The Bertz CT molecular complexity index is 1350. The Morgan fingerprint density at radius 2 is 1.58 bits per heavy atom. The number of β-lactam (4-membered cyclic amide) rings is 1. The zero-order valence-corrected chi connectivity index (χ0v) is 22.1. The minimum atomic E-state index is -0.702. The van der Waals surface area contributed by atoms with E-state index in [1.807, 2.05) is 12.1 Å². The summed E-state index contributed by atoms with van der Waals surface area (Å²) in [4.78, 5) is 30.6. The van der Waals surface area contributed by atoms with E-state index in [1.54, 1.807) is 46.2 Å². The molecule has 3 aromatic rings. The third-order valence-corrected chi connectivity index (χ3v) is 7.80. The van der Waals surface area contributed by atoms with Gasteiger partial charge in [0.2, 0.25) is 11.7 Å². The number of carbonyl (C=O) groups is 2. The fourth-order valence-electron chi connectivity index (χ4n) is 5.64. The van der Waals surface area contributed by atoms with E-state index in [9.17, 15) is 14.0 Å². The molecule has 2 amide bonds. The summed E-state index contributed by atoms with van der Waals surface area (Å²) in [5, 5.41) is 0.594. The molecule has 0 saturated carbocycles. The first kappa shape index (κ1) is 25.9. The highest BCUT2D eigenvalue weighted by molar-refractivity contribution is 6.30. The third-order valence-electron chi connectivity index (χ3n) is 7.55. The molecule has 2 saturated heterocycles. The molecule has 2 heterocycles. The largest absolute Gasteiger partial charge is 0.493 e. The number of carbonyl (C=O) groups excluding carboxylic acids is 2. The van der Waals surface area contributed by atoms with Gasteiger partial charge in [-0.15, -0.1) is 0 Å². The van der Waals surface area contributed by atoms with Crippen molar-refractivity contribution >= 4 is 29.1 Å². The number of likely N-dealkylation sites (tertiary alicyclic amines) is 1. The minimum absolute atomic E-state index is 0.0667. The van der Waals surface area contributed by atoms with E-state index in [-0.39, 0.29) is 17.9 Å².